The van der Waals surface area contributed by atoms with Crippen molar-refractivity contribution in [2.75, 3.05) is 0 Å². The average Bonchev–Trinajstić information content (AvgIpc) is 3.84. The molecule has 0 amide bonds. The maximum atomic E-state index is 5.45. The largest absolute Gasteiger partial charge is 0.276 e. The fourth-order valence-electron chi connectivity index (χ4n) is 8.36. The Morgan fingerprint density at radius 3 is 2.51 bits per heavy atom. The maximum absolute atomic E-state index is 5.45. The molecule has 5 heteroatoms. The smallest absolute Gasteiger partial charge is 0.235 e. The highest BCUT2D eigenvalue weighted by molar-refractivity contribution is 7.20. The van der Waals surface area contributed by atoms with Gasteiger partial charge in [-0.3, -0.25) is 4.57 Å². The van der Waals surface area contributed by atoms with E-state index in [0.717, 1.165) is 66.6 Å². The van der Waals surface area contributed by atoms with E-state index in [2.05, 4.69) is 120 Å². The standard InChI is InChI=1S/C44H31N3S2/c1-2-11-26(12-3-1)40-34-15-4-7-18-36(34)45-44(46-40)47-37-24-21-27(28-16-10-17-32-29-13-5-8-19-38(29)48-42(28)32)25-35(37)31-22-23-33-30-14-6-9-20-39(30)49-43(33)41(31)47/h1-2,4-8,11,13-16,18-19,21-25H,3,9-10,12,17,20H2. The molecule has 0 saturated heterocycles. The molecule has 0 N–H and O–H groups in total. The number of hydrogen-bond donors (Lipinski definition) is 0. The third kappa shape index (κ3) is 4.12. The van der Waals surface area contributed by atoms with Crippen LogP contribution in [0.5, 0.6) is 0 Å². The molecule has 3 nitrogen and oxygen atoms in total. The van der Waals surface area contributed by atoms with Crippen LogP contribution < -0.4 is 0 Å². The van der Waals surface area contributed by atoms with Crippen LogP contribution in [0.1, 0.15) is 57.8 Å². The lowest BCUT2D eigenvalue weighted by atomic mass is 9.91. The van der Waals surface area contributed by atoms with Crippen molar-refractivity contribution in [3.05, 3.63) is 141 Å². The van der Waals surface area contributed by atoms with E-state index < -0.39 is 0 Å². The first-order valence-electron chi connectivity index (χ1n) is 17.3. The highest BCUT2D eigenvalue weighted by atomic mass is 32.1. The fourth-order valence-corrected chi connectivity index (χ4v) is 11.0. The molecule has 0 spiro atoms. The van der Waals surface area contributed by atoms with E-state index in [1.165, 1.54) is 74.1 Å². The molecule has 234 valence electrons. The molecular formula is C44H31N3S2. The molecule has 3 aliphatic carbocycles. The molecule has 4 aromatic heterocycles. The molecule has 0 aliphatic heterocycles. The van der Waals surface area contributed by atoms with Gasteiger partial charge in [0, 0.05) is 36.0 Å². The van der Waals surface area contributed by atoms with Crippen LogP contribution in [0, 0.1) is 0 Å². The molecule has 11 rings (SSSR count). The van der Waals surface area contributed by atoms with Crippen LogP contribution in [-0.2, 0) is 12.8 Å². The predicted molar refractivity (Wildman–Crippen MR) is 210 cm³/mol. The Morgan fingerprint density at radius 2 is 1.57 bits per heavy atom. The van der Waals surface area contributed by atoms with E-state index >= 15 is 0 Å². The lowest BCUT2D eigenvalue weighted by molar-refractivity contribution is 0.984. The van der Waals surface area contributed by atoms with Gasteiger partial charge in [-0.15, -0.1) is 22.7 Å². The Kier molecular flexibility index (Phi) is 6.07. The SMILES string of the molecule is C1=CCCC(c2nc(-n3c4ccc(C5=CCCc6c5sc5ccccc65)cc4c4ccc5c6c(sc5c43)CCC=C6)nc3ccccc23)=C1. The molecule has 8 aromatic rings. The number of aryl methyl sites for hydroxylation is 2. The van der Waals surface area contributed by atoms with Crippen molar-refractivity contribution >= 4 is 92.8 Å². The first-order valence-corrected chi connectivity index (χ1v) is 19.0. The summed E-state index contributed by atoms with van der Waals surface area (Å²) in [6.45, 7) is 0. The molecule has 3 aliphatic rings. The van der Waals surface area contributed by atoms with Crippen molar-refractivity contribution in [2.45, 2.75) is 38.5 Å². The van der Waals surface area contributed by atoms with Crippen molar-refractivity contribution in [2.24, 2.45) is 0 Å². The Labute approximate surface area is 291 Å². The number of nitrogens with zero attached hydrogens (tertiary/aromatic N) is 3. The van der Waals surface area contributed by atoms with Gasteiger partial charge in [-0.2, -0.15) is 0 Å². The van der Waals surface area contributed by atoms with E-state index in [1.807, 2.05) is 22.7 Å². The Bertz CT molecular complexity index is 2830. The van der Waals surface area contributed by atoms with Crippen LogP contribution in [0.2, 0.25) is 0 Å². The zero-order chi connectivity index (χ0) is 32.1. The number of fused-ring (bicyclic) bond motifs is 11. The van der Waals surface area contributed by atoms with Crippen LogP contribution in [0.25, 0.3) is 76.1 Å². The van der Waals surface area contributed by atoms with Crippen LogP contribution >= 0.6 is 22.7 Å². The number of aromatic nitrogens is 3. The van der Waals surface area contributed by atoms with Crippen LogP contribution in [0.4, 0.5) is 0 Å². The zero-order valence-corrected chi connectivity index (χ0v) is 28.5. The summed E-state index contributed by atoms with van der Waals surface area (Å²) in [5.74, 6) is 0.745. The topological polar surface area (TPSA) is 30.7 Å². The molecule has 4 heterocycles. The van der Waals surface area contributed by atoms with Gasteiger partial charge in [-0.25, -0.2) is 9.97 Å². The second kappa shape index (κ2) is 10.7. The number of allylic oxidation sites excluding steroid dienone is 6. The molecule has 0 unspecified atom stereocenters. The van der Waals surface area contributed by atoms with E-state index in [0.29, 0.717) is 0 Å². The van der Waals surface area contributed by atoms with Gasteiger partial charge in [0.1, 0.15) is 0 Å². The molecule has 0 atom stereocenters. The molecular weight excluding hydrogens is 635 g/mol. The summed E-state index contributed by atoms with van der Waals surface area (Å²) in [7, 11) is 0. The van der Waals surface area contributed by atoms with Gasteiger partial charge in [0.15, 0.2) is 0 Å². The van der Waals surface area contributed by atoms with Gasteiger partial charge >= 0.3 is 0 Å². The molecule has 0 bridgehead atoms. The van der Waals surface area contributed by atoms with Crippen molar-refractivity contribution in [1.82, 2.24) is 14.5 Å². The minimum atomic E-state index is 0.745. The molecule has 49 heavy (non-hydrogen) atoms. The van der Waals surface area contributed by atoms with Crippen LogP contribution in [-0.4, -0.2) is 14.5 Å². The van der Waals surface area contributed by atoms with E-state index in [9.17, 15) is 0 Å². The van der Waals surface area contributed by atoms with E-state index in [4.69, 9.17) is 9.97 Å². The highest BCUT2D eigenvalue weighted by Crippen LogP contribution is 2.46. The van der Waals surface area contributed by atoms with Crippen molar-refractivity contribution in [1.29, 1.82) is 0 Å². The van der Waals surface area contributed by atoms with Crippen molar-refractivity contribution < 1.29 is 0 Å². The average molecular weight is 666 g/mol. The Hall–Kier alpha value is -5.10. The van der Waals surface area contributed by atoms with Gasteiger partial charge in [0.05, 0.1) is 26.9 Å². The Morgan fingerprint density at radius 1 is 0.694 bits per heavy atom. The highest BCUT2D eigenvalue weighted by Gasteiger charge is 2.25. The fraction of sp³-hybridized carbons (Fsp3) is 0.136. The first-order chi connectivity index (χ1) is 24.3. The summed E-state index contributed by atoms with van der Waals surface area (Å²) >= 11 is 3.90. The summed E-state index contributed by atoms with van der Waals surface area (Å²) in [5, 5.41) is 6.37. The number of rotatable bonds is 3. The number of hydrogen-bond acceptors (Lipinski definition) is 4. The minimum Gasteiger partial charge on any atom is -0.276 e. The quantitative estimate of drug-likeness (QED) is 0.188. The van der Waals surface area contributed by atoms with Crippen LogP contribution in [0.15, 0.2) is 109 Å². The maximum Gasteiger partial charge on any atom is 0.235 e. The van der Waals surface area contributed by atoms with Gasteiger partial charge in [0.25, 0.3) is 0 Å². The summed E-state index contributed by atoms with van der Waals surface area (Å²) < 4.78 is 5.08. The molecule has 0 saturated carbocycles. The summed E-state index contributed by atoms with van der Waals surface area (Å²) in [5.41, 5.74) is 11.2. The third-order valence-electron chi connectivity index (χ3n) is 10.6. The van der Waals surface area contributed by atoms with Gasteiger partial charge in [-0.1, -0.05) is 91.1 Å². The lowest BCUT2D eigenvalue weighted by Crippen LogP contribution is -2.05. The van der Waals surface area contributed by atoms with E-state index in [1.54, 1.807) is 0 Å². The Balaban J connectivity index is 1.21. The van der Waals surface area contributed by atoms with Gasteiger partial charge < -0.3 is 0 Å². The van der Waals surface area contributed by atoms with Gasteiger partial charge in [0.2, 0.25) is 5.95 Å². The number of para-hydroxylation sites is 1. The third-order valence-corrected chi connectivity index (χ3v) is 13.2. The number of thiophene rings is 2. The molecule has 0 radical (unpaired) electrons. The first kappa shape index (κ1) is 27.8. The molecule has 4 aromatic carbocycles. The summed E-state index contributed by atoms with van der Waals surface area (Å²) in [6, 6.07) is 29.2. The predicted octanol–water partition coefficient (Wildman–Crippen LogP) is 12.2. The van der Waals surface area contributed by atoms with Gasteiger partial charge in [-0.05, 0) is 96.0 Å². The monoisotopic (exact) mass is 665 g/mol. The van der Waals surface area contributed by atoms with E-state index in [-0.39, 0.29) is 0 Å². The van der Waals surface area contributed by atoms with Crippen molar-refractivity contribution in [3.8, 4) is 5.95 Å². The summed E-state index contributed by atoms with van der Waals surface area (Å²) in [4.78, 5) is 13.7. The second-order valence-electron chi connectivity index (χ2n) is 13.4. The molecule has 0 fully saturated rings. The summed E-state index contributed by atoms with van der Waals surface area (Å²) in [6.07, 6.45) is 20.2. The zero-order valence-electron chi connectivity index (χ0n) is 26.9. The van der Waals surface area contributed by atoms with Crippen LogP contribution in [0.3, 0.4) is 0 Å². The lowest BCUT2D eigenvalue weighted by Gasteiger charge is -2.16. The normalized spacial score (nSPS) is 15.8. The minimum absolute atomic E-state index is 0.745. The second-order valence-corrected chi connectivity index (χ2v) is 15.6. The number of benzene rings is 4. The van der Waals surface area contributed by atoms with Crippen molar-refractivity contribution in [3.63, 3.8) is 0 Å².